The average Bonchev–Trinajstić information content (AvgIpc) is 2.30. The number of rotatable bonds is 4. The van der Waals surface area contributed by atoms with E-state index in [0.29, 0.717) is 0 Å². The minimum Gasteiger partial charge on any atom is -0.313 e. The smallest absolute Gasteiger partial charge is 0.313 e. The van der Waals surface area contributed by atoms with Crippen molar-refractivity contribution in [3.8, 4) is 12.0 Å². The average molecular weight is 256 g/mol. The third kappa shape index (κ3) is 3.27. The summed E-state index contributed by atoms with van der Waals surface area (Å²) in [6.07, 6.45) is 4.28. The quantitative estimate of drug-likeness (QED) is 0.654. The normalized spacial score (nSPS) is 10.8. The minimum absolute atomic E-state index is 0.422. The van der Waals surface area contributed by atoms with E-state index in [-0.39, 0.29) is 0 Å². The van der Waals surface area contributed by atoms with E-state index in [1.807, 2.05) is 0 Å². The molecule has 0 N–H and O–H groups in total. The van der Waals surface area contributed by atoms with E-state index in [0.717, 1.165) is 25.3 Å². The SMILES string of the molecule is O=S(=O)(Oc1ncncn1)Oc1ncncn1. The van der Waals surface area contributed by atoms with Gasteiger partial charge in [-0.2, -0.15) is 19.9 Å². The Hall–Kier alpha value is -2.43. The Morgan fingerprint density at radius 2 is 1.12 bits per heavy atom. The van der Waals surface area contributed by atoms with Crippen molar-refractivity contribution in [2.75, 3.05) is 0 Å². The summed E-state index contributed by atoms with van der Waals surface area (Å²) in [5, 5.41) is 0. The molecule has 0 fully saturated rings. The summed E-state index contributed by atoms with van der Waals surface area (Å²) in [6, 6.07) is -0.844. The Morgan fingerprint density at radius 3 is 1.47 bits per heavy atom. The van der Waals surface area contributed by atoms with Gasteiger partial charge in [-0.3, -0.25) is 0 Å². The van der Waals surface area contributed by atoms with Crippen molar-refractivity contribution < 1.29 is 16.8 Å². The van der Waals surface area contributed by atoms with Gasteiger partial charge in [0, 0.05) is 0 Å². The highest BCUT2D eigenvalue weighted by atomic mass is 32.3. The molecule has 2 aromatic rings. The molecule has 0 bridgehead atoms. The van der Waals surface area contributed by atoms with E-state index in [2.05, 4.69) is 38.3 Å². The molecule has 0 atom stereocenters. The lowest BCUT2D eigenvalue weighted by atomic mass is 11.0. The van der Waals surface area contributed by atoms with Gasteiger partial charge in [0.15, 0.2) is 0 Å². The number of aromatic nitrogens is 6. The molecule has 0 unspecified atom stereocenters. The summed E-state index contributed by atoms with van der Waals surface area (Å²) in [7, 11) is -4.39. The Kier molecular flexibility index (Phi) is 3.00. The summed E-state index contributed by atoms with van der Waals surface area (Å²) in [4.78, 5) is 20.8. The predicted octanol–water partition coefficient (Wildman–Crippen LogP) is -1.24. The molecule has 0 amide bonds. The molecule has 17 heavy (non-hydrogen) atoms. The summed E-state index contributed by atoms with van der Waals surface area (Å²) < 4.78 is 31.4. The van der Waals surface area contributed by atoms with Crippen LogP contribution in [0.1, 0.15) is 0 Å². The van der Waals surface area contributed by atoms with Gasteiger partial charge >= 0.3 is 22.4 Å². The van der Waals surface area contributed by atoms with E-state index < -0.39 is 22.4 Å². The molecule has 0 saturated carbocycles. The van der Waals surface area contributed by atoms with Gasteiger partial charge in [0.1, 0.15) is 25.3 Å². The second-order valence-corrected chi connectivity index (χ2v) is 3.57. The topological polar surface area (TPSA) is 130 Å². The van der Waals surface area contributed by atoms with Crippen LogP contribution in [-0.2, 0) is 10.4 Å². The van der Waals surface area contributed by atoms with Gasteiger partial charge in [-0.15, -0.1) is 8.42 Å². The van der Waals surface area contributed by atoms with Crippen molar-refractivity contribution in [2.24, 2.45) is 0 Å². The molecule has 2 rings (SSSR count). The van der Waals surface area contributed by atoms with E-state index in [1.165, 1.54) is 0 Å². The predicted molar refractivity (Wildman–Crippen MR) is 49.8 cm³/mol. The van der Waals surface area contributed by atoms with Crippen molar-refractivity contribution in [3.05, 3.63) is 25.3 Å². The Morgan fingerprint density at radius 1 is 0.765 bits per heavy atom. The molecule has 0 saturated heterocycles. The van der Waals surface area contributed by atoms with Crippen LogP contribution in [0.25, 0.3) is 0 Å². The molecule has 11 heteroatoms. The highest BCUT2D eigenvalue weighted by Gasteiger charge is 2.18. The van der Waals surface area contributed by atoms with Gasteiger partial charge in [0.05, 0.1) is 0 Å². The van der Waals surface area contributed by atoms with Crippen molar-refractivity contribution >= 4 is 10.4 Å². The van der Waals surface area contributed by atoms with E-state index >= 15 is 0 Å². The lowest BCUT2D eigenvalue weighted by molar-refractivity contribution is 0.367. The number of hydrogen-bond acceptors (Lipinski definition) is 10. The Balaban J connectivity index is 2.11. The van der Waals surface area contributed by atoms with Gasteiger partial charge < -0.3 is 8.37 Å². The molecular formula is C6H4N6O4S. The van der Waals surface area contributed by atoms with Crippen LogP contribution in [0.2, 0.25) is 0 Å². The molecule has 0 aliphatic rings. The first kappa shape index (κ1) is 11.1. The van der Waals surface area contributed by atoms with Crippen LogP contribution in [-0.4, -0.2) is 38.3 Å². The van der Waals surface area contributed by atoms with Crippen LogP contribution in [0.3, 0.4) is 0 Å². The summed E-state index contributed by atoms with van der Waals surface area (Å²) in [5.74, 6) is 0. The third-order valence-electron chi connectivity index (χ3n) is 1.29. The van der Waals surface area contributed by atoms with Gasteiger partial charge in [-0.05, 0) is 0 Å². The zero-order valence-corrected chi connectivity index (χ0v) is 8.85. The molecule has 0 aromatic carbocycles. The van der Waals surface area contributed by atoms with Crippen molar-refractivity contribution in [2.45, 2.75) is 0 Å². The summed E-state index contributed by atoms with van der Waals surface area (Å²) >= 11 is 0. The first-order chi connectivity index (χ1) is 8.16. The summed E-state index contributed by atoms with van der Waals surface area (Å²) in [5.41, 5.74) is 0. The van der Waals surface area contributed by atoms with Gasteiger partial charge in [0.25, 0.3) is 0 Å². The molecule has 0 spiro atoms. The molecule has 0 aliphatic heterocycles. The second kappa shape index (κ2) is 4.61. The largest absolute Gasteiger partial charge is 0.506 e. The third-order valence-corrected chi connectivity index (χ3v) is 2.00. The highest BCUT2D eigenvalue weighted by molar-refractivity contribution is 7.82. The molecule has 2 aromatic heterocycles. The zero-order valence-electron chi connectivity index (χ0n) is 8.03. The number of nitrogens with zero attached hydrogens (tertiary/aromatic N) is 6. The zero-order chi connectivity index (χ0) is 12.1. The monoisotopic (exact) mass is 256 g/mol. The fraction of sp³-hybridized carbons (Fsp3) is 0. The highest BCUT2D eigenvalue weighted by Crippen LogP contribution is 2.06. The molecule has 0 radical (unpaired) electrons. The Bertz CT molecular complexity index is 528. The summed E-state index contributed by atoms with van der Waals surface area (Å²) in [6.45, 7) is 0. The van der Waals surface area contributed by atoms with E-state index in [4.69, 9.17) is 0 Å². The van der Waals surface area contributed by atoms with Gasteiger partial charge in [-0.25, -0.2) is 9.97 Å². The maximum Gasteiger partial charge on any atom is 0.506 e. The van der Waals surface area contributed by atoms with Crippen LogP contribution >= 0.6 is 0 Å². The van der Waals surface area contributed by atoms with Crippen LogP contribution in [0, 0.1) is 0 Å². The molecule has 10 nitrogen and oxygen atoms in total. The van der Waals surface area contributed by atoms with E-state index in [9.17, 15) is 8.42 Å². The van der Waals surface area contributed by atoms with E-state index in [1.54, 1.807) is 0 Å². The van der Waals surface area contributed by atoms with Crippen molar-refractivity contribution in [3.63, 3.8) is 0 Å². The first-order valence-electron chi connectivity index (χ1n) is 4.03. The lowest BCUT2D eigenvalue weighted by Gasteiger charge is -2.03. The standard InChI is InChI=1S/C6H4N6O4S/c13-17(14,15-5-9-1-7-2-10-5)16-6-11-3-8-4-12-6/h1-4H. The van der Waals surface area contributed by atoms with Crippen molar-refractivity contribution in [1.29, 1.82) is 0 Å². The first-order valence-corrected chi connectivity index (χ1v) is 5.37. The van der Waals surface area contributed by atoms with Crippen LogP contribution in [0.15, 0.2) is 25.3 Å². The van der Waals surface area contributed by atoms with Gasteiger partial charge in [-0.1, -0.05) is 0 Å². The maximum atomic E-state index is 11.3. The number of hydrogen-bond donors (Lipinski definition) is 0. The van der Waals surface area contributed by atoms with Crippen LogP contribution in [0.5, 0.6) is 12.0 Å². The second-order valence-electron chi connectivity index (χ2n) is 2.42. The van der Waals surface area contributed by atoms with Crippen LogP contribution < -0.4 is 8.37 Å². The Labute approximate surface area is 95.1 Å². The molecule has 88 valence electrons. The molecule has 0 aliphatic carbocycles. The fourth-order valence-electron chi connectivity index (χ4n) is 0.743. The van der Waals surface area contributed by atoms with Crippen LogP contribution in [0.4, 0.5) is 0 Å². The lowest BCUT2D eigenvalue weighted by Crippen LogP contribution is -2.19. The molecular weight excluding hydrogens is 252 g/mol. The maximum absolute atomic E-state index is 11.3. The molecule has 2 heterocycles. The van der Waals surface area contributed by atoms with Crippen molar-refractivity contribution in [1.82, 2.24) is 29.9 Å². The van der Waals surface area contributed by atoms with Gasteiger partial charge in [0.2, 0.25) is 0 Å². The minimum atomic E-state index is -4.39. The fourth-order valence-corrected chi connectivity index (χ4v) is 1.31.